The van der Waals surface area contributed by atoms with Crippen molar-refractivity contribution in [3.05, 3.63) is 68.3 Å². The van der Waals surface area contributed by atoms with Crippen molar-refractivity contribution in [1.82, 2.24) is 9.80 Å². The Balaban J connectivity index is 1.63. The van der Waals surface area contributed by atoms with E-state index in [1.54, 1.807) is 24.3 Å². The van der Waals surface area contributed by atoms with E-state index >= 15 is 0 Å². The Labute approximate surface area is 184 Å². The molecule has 6 heteroatoms. The highest BCUT2D eigenvalue weighted by molar-refractivity contribution is 14.1. The zero-order valence-electron chi connectivity index (χ0n) is 16.5. The molecule has 4 rings (SSSR count). The van der Waals surface area contributed by atoms with Gasteiger partial charge in [0.2, 0.25) is 0 Å². The van der Waals surface area contributed by atoms with Gasteiger partial charge in [0, 0.05) is 10.1 Å². The first-order valence-electron chi connectivity index (χ1n) is 9.91. The summed E-state index contributed by atoms with van der Waals surface area (Å²) < 4.78 is 0.913. The summed E-state index contributed by atoms with van der Waals surface area (Å²) in [5.74, 6) is -0.340. The fraction of sp³-hybridized carbons (Fsp3) is 0.348. The van der Waals surface area contributed by atoms with Gasteiger partial charge in [-0.05, 0) is 72.5 Å². The molecule has 0 aliphatic carbocycles. The van der Waals surface area contributed by atoms with E-state index in [4.69, 9.17) is 0 Å². The largest absolute Gasteiger partial charge is 0.334 e. The molecule has 5 nitrogen and oxygen atoms in total. The number of benzene rings is 2. The molecule has 1 fully saturated rings. The first-order chi connectivity index (χ1) is 13.9. The van der Waals surface area contributed by atoms with Crippen LogP contribution in [0.25, 0.3) is 0 Å². The number of carbonyl (C=O) groups is 3. The molecule has 29 heavy (non-hydrogen) atoms. The Morgan fingerprint density at radius 2 is 1.76 bits per heavy atom. The van der Waals surface area contributed by atoms with Gasteiger partial charge < -0.3 is 4.90 Å². The van der Waals surface area contributed by atoms with E-state index in [0.29, 0.717) is 23.2 Å². The van der Waals surface area contributed by atoms with Crippen LogP contribution in [0.2, 0.25) is 0 Å². The summed E-state index contributed by atoms with van der Waals surface area (Å²) in [5, 5.41) is 0. The number of carbonyl (C=O) groups excluding carboxylic acids is 3. The van der Waals surface area contributed by atoms with E-state index in [-0.39, 0.29) is 36.2 Å². The number of imide groups is 1. The quantitative estimate of drug-likeness (QED) is 0.469. The summed E-state index contributed by atoms with van der Waals surface area (Å²) in [6.45, 7) is 4.95. The second-order valence-corrected chi connectivity index (χ2v) is 9.10. The third kappa shape index (κ3) is 3.58. The van der Waals surface area contributed by atoms with Crippen molar-refractivity contribution in [2.24, 2.45) is 5.92 Å². The first-order valence-corrected chi connectivity index (χ1v) is 11.0. The van der Waals surface area contributed by atoms with Crippen molar-refractivity contribution in [1.29, 1.82) is 0 Å². The zero-order valence-corrected chi connectivity index (χ0v) is 18.7. The van der Waals surface area contributed by atoms with Gasteiger partial charge in [0.15, 0.2) is 0 Å². The second-order valence-electron chi connectivity index (χ2n) is 7.94. The number of amides is 3. The van der Waals surface area contributed by atoms with E-state index in [2.05, 4.69) is 29.5 Å². The molecule has 2 atom stereocenters. The predicted molar refractivity (Wildman–Crippen MR) is 119 cm³/mol. The van der Waals surface area contributed by atoms with Crippen LogP contribution in [-0.4, -0.2) is 46.7 Å². The molecule has 0 unspecified atom stereocenters. The van der Waals surface area contributed by atoms with Crippen LogP contribution in [0.4, 0.5) is 0 Å². The van der Waals surface area contributed by atoms with Crippen molar-refractivity contribution in [3.63, 3.8) is 0 Å². The summed E-state index contributed by atoms with van der Waals surface area (Å²) in [4.78, 5) is 42.3. The van der Waals surface area contributed by atoms with E-state index in [1.807, 2.05) is 30.0 Å². The number of halogens is 1. The molecule has 2 aromatic rings. The molecule has 0 saturated carbocycles. The van der Waals surface area contributed by atoms with Gasteiger partial charge in [-0.2, -0.15) is 0 Å². The number of fused-ring (bicyclic) bond motifs is 1. The van der Waals surface area contributed by atoms with Crippen LogP contribution in [0, 0.1) is 16.4 Å². The fourth-order valence-corrected chi connectivity index (χ4v) is 4.90. The van der Waals surface area contributed by atoms with Crippen molar-refractivity contribution < 1.29 is 14.4 Å². The average Bonchev–Trinajstić information content (AvgIpc) is 2.96. The number of nitrogens with zero attached hydrogens (tertiary/aromatic N) is 2. The van der Waals surface area contributed by atoms with Crippen LogP contribution in [0.5, 0.6) is 0 Å². The van der Waals surface area contributed by atoms with Crippen molar-refractivity contribution in [2.75, 3.05) is 13.1 Å². The molecule has 0 spiro atoms. The maximum absolute atomic E-state index is 13.4. The van der Waals surface area contributed by atoms with Gasteiger partial charge in [-0.25, -0.2) is 0 Å². The number of rotatable bonds is 3. The van der Waals surface area contributed by atoms with E-state index in [1.165, 1.54) is 4.90 Å². The first kappa shape index (κ1) is 20.1. The van der Waals surface area contributed by atoms with Crippen molar-refractivity contribution in [3.8, 4) is 0 Å². The van der Waals surface area contributed by atoms with Gasteiger partial charge in [-0.1, -0.05) is 30.7 Å². The van der Waals surface area contributed by atoms with Crippen molar-refractivity contribution >= 4 is 40.3 Å². The molecule has 0 aromatic heterocycles. The van der Waals surface area contributed by atoms with Crippen molar-refractivity contribution in [2.45, 2.75) is 32.7 Å². The lowest BCUT2D eigenvalue weighted by atomic mass is 9.89. The lowest BCUT2D eigenvalue weighted by molar-refractivity contribution is 0.0368. The number of hydrogen-bond donors (Lipinski definition) is 0. The highest BCUT2D eigenvalue weighted by atomic mass is 127. The normalized spacial score (nSPS) is 21.5. The highest BCUT2D eigenvalue weighted by Gasteiger charge is 2.41. The number of likely N-dealkylation sites (tertiary alicyclic amines) is 1. The van der Waals surface area contributed by atoms with Crippen LogP contribution in [0.15, 0.2) is 42.5 Å². The average molecular weight is 502 g/mol. The summed E-state index contributed by atoms with van der Waals surface area (Å²) >= 11 is 2.19. The molecular weight excluding hydrogens is 479 g/mol. The smallest absolute Gasteiger partial charge is 0.261 e. The van der Waals surface area contributed by atoms with Gasteiger partial charge in [0.1, 0.15) is 0 Å². The number of aryl methyl sites for hydroxylation is 1. The fourth-order valence-electron chi connectivity index (χ4n) is 4.33. The van der Waals surface area contributed by atoms with Crippen LogP contribution in [0.3, 0.4) is 0 Å². The Hall–Kier alpha value is -2.22. The molecule has 0 bridgehead atoms. The summed E-state index contributed by atoms with van der Waals surface area (Å²) in [6, 6.07) is 12.6. The maximum Gasteiger partial charge on any atom is 0.261 e. The number of piperidine rings is 1. The summed E-state index contributed by atoms with van der Waals surface area (Å²) in [7, 11) is 0. The third-order valence-electron chi connectivity index (χ3n) is 5.98. The Bertz CT molecular complexity index is 968. The van der Waals surface area contributed by atoms with E-state index < -0.39 is 0 Å². The lowest BCUT2D eigenvalue weighted by Crippen LogP contribution is -2.54. The van der Waals surface area contributed by atoms with Crippen LogP contribution >= 0.6 is 22.6 Å². The molecule has 0 radical (unpaired) electrons. The zero-order chi connectivity index (χ0) is 20.7. The summed E-state index contributed by atoms with van der Waals surface area (Å²) in [6.07, 6.45) is 1.90. The molecule has 2 aromatic carbocycles. The monoisotopic (exact) mass is 502 g/mol. The third-order valence-corrected chi connectivity index (χ3v) is 6.92. The Morgan fingerprint density at radius 3 is 2.41 bits per heavy atom. The minimum absolute atomic E-state index is 0.0220. The van der Waals surface area contributed by atoms with Gasteiger partial charge in [-0.3, -0.25) is 19.3 Å². The molecule has 1 saturated heterocycles. The van der Waals surface area contributed by atoms with Crippen LogP contribution in [0.1, 0.15) is 56.4 Å². The lowest BCUT2D eigenvalue weighted by Gasteiger charge is -2.41. The van der Waals surface area contributed by atoms with Gasteiger partial charge in [0.25, 0.3) is 17.7 Å². The predicted octanol–water partition coefficient (Wildman–Crippen LogP) is 4.14. The van der Waals surface area contributed by atoms with Gasteiger partial charge in [0.05, 0.1) is 29.3 Å². The molecule has 0 N–H and O–H groups in total. The topological polar surface area (TPSA) is 57.7 Å². The van der Waals surface area contributed by atoms with E-state index in [0.717, 1.165) is 22.0 Å². The Morgan fingerprint density at radius 1 is 1.10 bits per heavy atom. The van der Waals surface area contributed by atoms with Crippen LogP contribution < -0.4 is 0 Å². The SMILES string of the molecule is Cc1ccc(I)c(C(=O)N2CCC[C@@H](C)[C@H]2CN2C(=O)c3ccccc3C2=O)c1. The molecule has 2 aliphatic rings. The van der Waals surface area contributed by atoms with Gasteiger partial charge in [-0.15, -0.1) is 0 Å². The molecule has 150 valence electrons. The van der Waals surface area contributed by atoms with E-state index in [9.17, 15) is 14.4 Å². The molecule has 2 heterocycles. The standard InChI is InChI=1S/C23H23IN2O3/c1-14-9-10-19(24)18(12-14)23(29)25-11-5-6-15(2)20(25)13-26-21(27)16-7-3-4-8-17(16)22(26)28/h3-4,7-10,12,15,20H,5-6,11,13H2,1-2H3/t15-,20-/m1/s1. The number of hydrogen-bond acceptors (Lipinski definition) is 3. The maximum atomic E-state index is 13.4. The highest BCUT2D eigenvalue weighted by Crippen LogP contribution is 2.30. The van der Waals surface area contributed by atoms with Gasteiger partial charge >= 0.3 is 0 Å². The minimum atomic E-state index is -0.263. The summed E-state index contributed by atoms with van der Waals surface area (Å²) in [5.41, 5.74) is 2.63. The minimum Gasteiger partial charge on any atom is -0.334 e. The van der Waals surface area contributed by atoms with Crippen LogP contribution in [-0.2, 0) is 0 Å². The molecular formula is C23H23IN2O3. The molecule has 2 aliphatic heterocycles. The Kier molecular flexibility index (Phi) is 5.46. The molecule has 3 amide bonds. The second kappa shape index (κ2) is 7.89.